The van der Waals surface area contributed by atoms with Crippen LogP contribution in [0.3, 0.4) is 0 Å². The van der Waals surface area contributed by atoms with Gasteiger partial charge in [0.1, 0.15) is 0 Å². The zero-order valence-electron chi connectivity index (χ0n) is 9.57. The van der Waals surface area contributed by atoms with E-state index in [-0.39, 0.29) is 0 Å². The summed E-state index contributed by atoms with van der Waals surface area (Å²) >= 11 is 1.83. The molecule has 1 unspecified atom stereocenters. The average Bonchev–Trinajstić information content (AvgIpc) is 2.68. The molecule has 0 aromatic carbocycles. The summed E-state index contributed by atoms with van der Waals surface area (Å²) in [5.41, 5.74) is 1.76. The van der Waals surface area contributed by atoms with Crippen molar-refractivity contribution in [2.45, 2.75) is 25.5 Å². The second-order valence-corrected chi connectivity index (χ2v) is 5.48. The maximum atomic E-state index is 10.1. The highest BCUT2D eigenvalue weighted by Crippen LogP contribution is 2.27. The van der Waals surface area contributed by atoms with Gasteiger partial charge in [0.05, 0.1) is 5.60 Å². The molecule has 1 atom stereocenters. The van der Waals surface area contributed by atoms with Crippen molar-refractivity contribution < 1.29 is 5.11 Å². The van der Waals surface area contributed by atoms with E-state index in [2.05, 4.69) is 16.4 Å². The van der Waals surface area contributed by atoms with E-state index < -0.39 is 5.60 Å². The van der Waals surface area contributed by atoms with Crippen LogP contribution in [0, 0.1) is 6.92 Å². The number of hydrogen-bond donors (Lipinski definition) is 2. The summed E-state index contributed by atoms with van der Waals surface area (Å²) in [5, 5.41) is 13.5. The number of aromatic nitrogens is 1. The molecule has 2 rings (SSSR count). The SMILES string of the molecule is Cc1ncccc1CNCC1(O)CCSC1. The van der Waals surface area contributed by atoms with Crippen molar-refractivity contribution in [1.82, 2.24) is 10.3 Å². The molecule has 3 nitrogen and oxygen atoms in total. The maximum Gasteiger partial charge on any atom is 0.0869 e. The Balaban J connectivity index is 1.82. The molecule has 0 saturated carbocycles. The monoisotopic (exact) mass is 238 g/mol. The number of thioether (sulfide) groups is 1. The van der Waals surface area contributed by atoms with Gasteiger partial charge in [-0.05, 0) is 30.7 Å². The van der Waals surface area contributed by atoms with Gasteiger partial charge in [0.25, 0.3) is 0 Å². The molecule has 0 amide bonds. The number of hydrogen-bond acceptors (Lipinski definition) is 4. The Kier molecular flexibility index (Phi) is 3.84. The summed E-state index contributed by atoms with van der Waals surface area (Å²) in [6, 6.07) is 4.02. The molecule has 0 bridgehead atoms. The van der Waals surface area contributed by atoms with Crippen LogP contribution in [-0.2, 0) is 6.54 Å². The molecule has 0 spiro atoms. The lowest BCUT2D eigenvalue weighted by Crippen LogP contribution is -2.40. The molecule has 1 aromatic rings. The molecule has 0 aliphatic carbocycles. The zero-order valence-corrected chi connectivity index (χ0v) is 10.4. The van der Waals surface area contributed by atoms with Crippen molar-refractivity contribution in [2.75, 3.05) is 18.1 Å². The minimum atomic E-state index is -0.499. The van der Waals surface area contributed by atoms with Crippen molar-refractivity contribution >= 4 is 11.8 Å². The van der Waals surface area contributed by atoms with Crippen LogP contribution >= 0.6 is 11.8 Å². The summed E-state index contributed by atoms with van der Waals surface area (Å²) in [6.45, 7) is 3.47. The number of aliphatic hydroxyl groups is 1. The number of pyridine rings is 1. The Bertz CT molecular complexity index is 351. The second-order valence-electron chi connectivity index (χ2n) is 4.38. The number of nitrogens with zero attached hydrogens (tertiary/aromatic N) is 1. The second kappa shape index (κ2) is 5.17. The first-order valence-electron chi connectivity index (χ1n) is 5.61. The van der Waals surface area contributed by atoms with Crippen LogP contribution < -0.4 is 5.32 Å². The summed E-state index contributed by atoms with van der Waals surface area (Å²) in [6.07, 6.45) is 2.71. The molecule has 1 aromatic heterocycles. The van der Waals surface area contributed by atoms with Gasteiger partial charge in [-0.15, -0.1) is 0 Å². The molecule has 1 aliphatic heterocycles. The molecule has 2 heterocycles. The lowest BCUT2D eigenvalue weighted by molar-refractivity contribution is 0.0674. The lowest BCUT2D eigenvalue weighted by atomic mass is 10.0. The van der Waals surface area contributed by atoms with Crippen molar-refractivity contribution in [1.29, 1.82) is 0 Å². The van der Waals surface area contributed by atoms with E-state index in [9.17, 15) is 5.11 Å². The average molecular weight is 238 g/mol. The van der Waals surface area contributed by atoms with E-state index in [4.69, 9.17) is 0 Å². The van der Waals surface area contributed by atoms with Crippen molar-refractivity contribution in [2.24, 2.45) is 0 Å². The molecule has 88 valence electrons. The predicted octanol–water partition coefficient (Wildman–Crippen LogP) is 1.35. The van der Waals surface area contributed by atoms with Crippen LogP contribution in [0.2, 0.25) is 0 Å². The largest absolute Gasteiger partial charge is 0.388 e. The quantitative estimate of drug-likeness (QED) is 0.831. The van der Waals surface area contributed by atoms with E-state index in [1.54, 1.807) is 6.20 Å². The van der Waals surface area contributed by atoms with Gasteiger partial charge in [-0.3, -0.25) is 4.98 Å². The fraction of sp³-hybridized carbons (Fsp3) is 0.583. The van der Waals surface area contributed by atoms with Gasteiger partial charge >= 0.3 is 0 Å². The van der Waals surface area contributed by atoms with E-state index in [0.717, 1.165) is 30.2 Å². The Morgan fingerprint density at radius 3 is 3.19 bits per heavy atom. The van der Waals surface area contributed by atoms with E-state index in [0.29, 0.717) is 6.54 Å². The summed E-state index contributed by atoms with van der Waals surface area (Å²) in [4.78, 5) is 4.24. The van der Waals surface area contributed by atoms with Gasteiger partial charge in [-0.1, -0.05) is 6.07 Å². The lowest BCUT2D eigenvalue weighted by Gasteiger charge is -2.21. The van der Waals surface area contributed by atoms with Crippen LogP contribution in [0.1, 0.15) is 17.7 Å². The third-order valence-corrected chi connectivity index (χ3v) is 4.20. The summed E-state index contributed by atoms with van der Waals surface area (Å²) in [7, 11) is 0. The normalized spacial score (nSPS) is 24.9. The molecule has 1 fully saturated rings. The van der Waals surface area contributed by atoms with Crippen molar-refractivity contribution in [3.8, 4) is 0 Å². The summed E-state index contributed by atoms with van der Waals surface area (Å²) < 4.78 is 0. The molecular formula is C12H18N2OS. The highest BCUT2D eigenvalue weighted by molar-refractivity contribution is 7.99. The highest BCUT2D eigenvalue weighted by atomic mass is 32.2. The third-order valence-electron chi connectivity index (χ3n) is 2.97. The molecule has 4 heteroatoms. The van der Waals surface area contributed by atoms with E-state index >= 15 is 0 Å². The molecular weight excluding hydrogens is 220 g/mol. The van der Waals surface area contributed by atoms with Gasteiger partial charge in [-0.25, -0.2) is 0 Å². The first-order valence-corrected chi connectivity index (χ1v) is 6.76. The van der Waals surface area contributed by atoms with Crippen molar-refractivity contribution in [3.05, 3.63) is 29.6 Å². The van der Waals surface area contributed by atoms with E-state index in [1.807, 2.05) is 24.8 Å². The van der Waals surface area contributed by atoms with Crippen LogP contribution in [0.15, 0.2) is 18.3 Å². The molecule has 0 radical (unpaired) electrons. The third kappa shape index (κ3) is 2.97. The van der Waals surface area contributed by atoms with Crippen LogP contribution in [0.25, 0.3) is 0 Å². The fourth-order valence-electron chi connectivity index (χ4n) is 1.87. The van der Waals surface area contributed by atoms with Gasteiger partial charge in [0.2, 0.25) is 0 Å². The van der Waals surface area contributed by atoms with Gasteiger partial charge in [0, 0.05) is 30.7 Å². The molecule has 2 N–H and O–H groups in total. The fourth-order valence-corrected chi connectivity index (χ4v) is 3.17. The maximum absolute atomic E-state index is 10.1. The van der Waals surface area contributed by atoms with E-state index in [1.165, 1.54) is 5.56 Å². The van der Waals surface area contributed by atoms with Crippen LogP contribution in [0.5, 0.6) is 0 Å². The molecule has 1 saturated heterocycles. The molecule has 16 heavy (non-hydrogen) atoms. The Morgan fingerprint density at radius 2 is 2.50 bits per heavy atom. The van der Waals surface area contributed by atoms with Crippen LogP contribution in [0.4, 0.5) is 0 Å². The number of aryl methyl sites for hydroxylation is 1. The van der Waals surface area contributed by atoms with Crippen LogP contribution in [-0.4, -0.2) is 33.7 Å². The molecule has 1 aliphatic rings. The Hall–Kier alpha value is -0.580. The van der Waals surface area contributed by atoms with Gasteiger partial charge in [0.15, 0.2) is 0 Å². The number of nitrogens with one attached hydrogen (secondary N) is 1. The smallest absolute Gasteiger partial charge is 0.0869 e. The topological polar surface area (TPSA) is 45.2 Å². The standard InChI is InChI=1S/C12H18N2OS/c1-10-11(3-2-5-14-10)7-13-8-12(15)4-6-16-9-12/h2-3,5,13,15H,4,6-9H2,1H3. The first kappa shape index (κ1) is 11.9. The van der Waals surface area contributed by atoms with Gasteiger partial charge < -0.3 is 10.4 Å². The number of rotatable bonds is 4. The Labute approximate surface area is 101 Å². The first-order chi connectivity index (χ1) is 7.70. The minimum Gasteiger partial charge on any atom is -0.388 e. The summed E-state index contributed by atoms with van der Waals surface area (Å²) in [5.74, 6) is 1.93. The zero-order chi connectivity index (χ0) is 11.4. The minimum absolute atomic E-state index is 0.499. The highest BCUT2D eigenvalue weighted by Gasteiger charge is 2.30. The van der Waals surface area contributed by atoms with Gasteiger partial charge in [-0.2, -0.15) is 11.8 Å². The van der Waals surface area contributed by atoms with Crippen molar-refractivity contribution in [3.63, 3.8) is 0 Å². The Morgan fingerprint density at radius 1 is 1.62 bits per heavy atom. The predicted molar refractivity (Wildman–Crippen MR) is 67.6 cm³/mol.